The molecule has 0 amide bonds. The molecule has 0 radical (unpaired) electrons. The Morgan fingerprint density at radius 2 is 1.76 bits per heavy atom. The standard InChI is InChI=1S/C22H24N2O/c1-16(2)15-24(3)11-10-21-13-20-12-19(8-9-22(20)25-21)18-6-4-17(14-23)5-7-18/h4-9,12-13,16H,10-11,15H2,1-3H3. The Kier molecular flexibility index (Phi) is 5.21. The van der Waals surface area contributed by atoms with Crippen LogP contribution in [0.1, 0.15) is 25.2 Å². The highest BCUT2D eigenvalue weighted by atomic mass is 16.3. The molecule has 2 aromatic carbocycles. The van der Waals surface area contributed by atoms with E-state index in [9.17, 15) is 0 Å². The van der Waals surface area contributed by atoms with Gasteiger partial charge in [0, 0.05) is 24.9 Å². The topological polar surface area (TPSA) is 40.2 Å². The summed E-state index contributed by atoms with van der Waals surface area (Å²) in [7, 11) is 2.16. The molecule has 0 aliphatic heterocycles. The second kappa shape index (κ2) is 7.55. The number of hydrogen-bond donors (Lipinski definition) is 0. The molecular weight excluding hydrogens is 308 g/mol. The second-order valence-corrected chi connectivity index (χ2v) is 7.06. The predicted octanol–water partition coefficient (Wildman–Crippen LogP) is 5.10. The van der Waals surface area contributed by atoms with Crippen LogP contribution in [-0.4, -0.2) is 25.0 Å². The van der Waals surface area contributed by atoms with Crippen molar-refractivity contribution >= 4 is 11.0 Å². The van der Waals surface area contributed by atoms with E-state index in [1.807, 2.05) is 30.3 Å². The number of benzene rings is 2. The summed E-state index contributed by atoms with van der Waals surface area (Å²) in [6, 6.07) is 18.2. The summed E-state index contributed by atoms with van der Waals surface area (Å²) in [6.45, 7) is 6.58. The minimum absolute atomic E-state index is 0.677. The van der Waals surface area contributed by atoms with E-state index in [1.165, 1.54) is 0 Å². The quantitative estimate of drug-likeness (QED) is 0.630. The van der Waals surface area contributed by atoms with E-state index < -0.39 is 0 Å². The van der Waals surface area contributed by atoms with Gasteiger partial charge in [0.1, 0.15) is 11.3 Å². The Balaban J connectivity index is 1.76. The highest BCUT2D eigenvalue weighted by Crippen LogP contribution is 2.27. The Bertz CT molecular complexity index is 885. The van der Waals surface area contributed by atoms with Crippen LogP contribution in [0.2, 0.25) is 0 Å². The largest absolute Gasteiger partial charge is 0.461 e. The summed E-state index contributed by atoms with van der Waals surface area (Å²) >= 11 is 0. The summed E-state index contributed by atoms with van der Waals surface area (Å²) in [4.78, 5) is 2.35. The van der Waals surface area contributed by atoms with E-state index in [0.717, 1.165) is 47.4 Å². The fraction of sp³-hybridized carbons (Fsp3) is 0.318. The number of likely N-dealkylation sites (N-methyl/N-ethyl adjacent to an activating group) is 1. The van der Waals surface area contributed by atoms with E-state index in [1.54, 1.807) is 0 Å². The molecule has 0 aliphatic rings. The Morgan fingerprint density at radius 3 is 2.44 bits per heavy atom. The lowest BCUT2D eigenvalue weighted by molar-refractivity contribution is 0.292. The van der Waals surface area contributed by atoms with Crippen LogP contribution in [0, 0.1) is 17.2 Å². The average Bonchev–Trinajstić information content (AvgIpc) is 3.01. The van der Waals surface area contributed by atoms with Crippen LogP contribution in [0.15, 0.2) is 52.9 Å². The summed E-state index contributed by atoms with van der Waals surface area (Å²) in [5, 5.41) is 10.0. The Hall–Kier alpha value is -2.57. The van der Waals surface area contributed by atoms with Gasteiger partial charge in [0.15, 0.2) is 0 Å². The third-order valence-corrected chi connectivity index (χ3v) is 4.33. The fourth-order valence-corrected chi connectivity index (χ4v) is 3.15. The van der Waals surface area contributed by atoms with Crippen molar-refractivity contribution in [2.24, 2.45) is 5.92 Å². The van der Waals surface area contributed by atoms with Gasteiger partial charge in [-0.3, -0.25) is 0 Å². The molecule has 3 heteroatoms. The van der Waals surface area contributed by atoms with Crippen molar-refractivity contribution < 1.29 is 4.42 Å². The lowest BCUT2D eigenvalue weighted by atomic mass is 10.0. The third-order valence-electron chi connectivity index (χ3n) is 4.33. The van der Waals surface area contributed by atoms with Crippen LogP contribution in [-0.2, 0) is 6.42 Å². The lowest BCUT2D eigenvalue weighted by Gasteiger charge is -2.17. The minimum Gasteiger partial charge on any atom is -0.461 e. The van der Waals surface area contributed by atoms with E-state index in [4.69, 9.17) is 9.68 Å². The Morgan fingerprint density at radius 1 is 1.04 bits per heavy atom. The zero-order valence-corrected chi connectivity index (χ0v) is 15.1. The molecule has 0 saturated carbocycles. The van der Waals surface area contributed by atoms with Gasteiger partial charge in [0.25, 0.3) is 0 Å². The molecule has 25 heavy (non-hydrogen) atoms. The first-order valence-corrected chi connectivity index (χ1v) is 8.76. The molecule has 0 unspecified atom stereocenters. The first kappa shape index (κ1) is 17.3. The highest BCUT2D eigenvalue weighted by Gasteiger charge is 2.08. The maximum Gasteiger partial charge on any atom is 0.134 e. The molecule has 3 nitrogen and oxygen atoms in total. The highest BCUT2D eigenvalue weighted by molar-refractivity contribution is 5.84. The molecule has 128 valence electrons. The average molecular weight is 332 g/mol. The summed E-state index contributed by atoms with van der Waals surface area (Å²) in [5.41, 5.74) is 3.86. The van der Waals surface area contributed by atoms with E-state index in [-0.39, 0.29) is 0 Å². The number of rotatable bonds is 6. The molecule has 0 fully saturated rings. The van der Waals surface area contributed by atoms with Gasteiger partial charge >= 0.3 is 0 Å². The fourth-order valence-electron chi connectivity index (χ4n) is 3.15. The minimum atomic E-state index is 0.677. The first-order valence-electron chi connectivity index (χ1n) is 8.76. The maximum absolute atomic E-state index is 8.91. The van der Waals surface area contributed by atoms with Gasteiger partial charge in [-0.05, 0) is 54.4 Å². The van der Waals surface area contributed by atoms with Crippen molar-refractivity contribution in [1.82, 2.24) is 4.90 Å². The van der Waals surface area contributed by atoms with Crippen molar-refractivity contribution in [1.29, 1.82) is 5.26 Å². The number of furan rings is 1. The number of nitrogens with zero attached hydrogens (tertiary/aromatic N) is 2. The monoisotopic (exact) mass is 332 g/mol. The molecule has 0 spiro atoms. The maximum atomic E-state index is 8.91. The van der Waals surface area contributed by atoms with Gasteiger partial charge in [-0.25, -0.2) is 0 Å². The summed E-state index contributed by atoms with van der Waals surface area (Å²) < 4.78 is 5.98. The molecular formula is C22H24N2O. The molecule has 3 rings (SSSR count). The van der Waals surface area contributed by atoms with Crippen molar-refractivity contribution in [2.45, 2.75) is 20.3 Å². The second-order valence-electron chi connectivity index (χ2n) is 7.06. The molecule has 0 atom stereocenters. The zero-order chi connectivity index (χ0) is 17.8. The van der Waals surface area contributed by atoms with Gasteiger partial charge in [-0.15, -0.1) is 0 Å². The van der Waals surface area contributed by atoms with E-state index >= 15 is 0 Å². The normalized spacial score (nSPS) is 11.4. The molecule has 1 heterocycles. The smallest absolute Gasteiger partial charge is 0.134 e. The van der Waals surface area contributed by atoms with Gasteiger partial charge in [-0.2, -0.15) is 5.26 Å². The third kappa shape index (κ3) is 4.29. The molecule has 0 aliphatic carbocycles. The van der Waals surface area contributed by atoms with Crippen LogP contribution >= 0.6 is 0 Å². The van der Waals surface area contributed by atoms with E-state index in [2.05, 4.69) is 50.1 Å². The van der Waals surface area contributed by atoms with Crippen LogP contribution in [0.3, 0.4) is 0 Å². The van der Waals surface area contributed by atoms with Gasteiger partial charge in [0.2, 0.25) is 0 Å². The molecule has 0 bridgehead atoms. The van der Waals surface area contributed by atoms with Crippen LogP contribution in [0.25, 0.3) is 22.1 Å². The van der Waals surface area contributed by atoms with Gasteiger partial charge in [0.05, 0.1) is 11.6 Å². The van der Waals surface area contributed by atoms with Gasteiger partial charge < -0.3 is 9.32 Å². The number of fused-ring (bicyclic) bond motifs is 1. The zero-order valence-electron chi connectivity index (χ0n) is 15.1. The SMILES string of the molecule is CC(C)CN(C)CCc1cc2cc(-c3ccc(C#N)cc3)ccc2o1. The Labute approximate surface area is 149 Å². The summed E-state index contributed by atoms with van der Waals surface area (Å²) in [6.07, 6.45) is 0.921. The first-order chi connectivity index (χ1) is 12.0. The molecule has 0 N–H and O–H groups in total. The van der Waals surface area contributed by atoms with Crippen LogP contribution in [0.5, 0.6) is 0 Å². The van der Waals surface area contributed by atoms with Crippen molar-refractivity contribution in [3.05, 3.63) is 59.9 Å². The van der Waals surface area contributed by atoms with E-state index in [0.29, 0.717) is 11.5 Å². The van der Waals surface area contributed by atoms with Crippen LogP contribution < -0.4 is 0 Å². The van der Waals surface area contributed by atoms with Crippen molar-refractivity contribution in [3.63, 3.8) is 0 Å². The molecule has 0 saturated heterocycles. The van der Waals surface area contributed by atoms with Crippen LogP contribution in [0.4, 0.5) is 0 Å². The predicted molar refractivity (Wildman–Crippen MR) is 102 cm³/mol. The van der Waals surface area contributed by atoms with Crippen molar-refractivity contribution in [3.8, 4) is 17.2 Å². The molecule has 3 aromatic rings. The van der Waals surface area contributed by atoms with Crippen molar-refractivity contribution in [2.75, 3.05) is 20.1 Å². The summed E-state index contributed by atoms with van der Waals surface area (Å²) in [5.74, 6) is 1.71. The number of hydrogen-bond acceptors (Lipinski definition) is 3. The molecule has 1 aromatic heterocycles. The van der Waals surface area contributed by atoms with Gasteiger partial charge in [-0.1, -0.05) is 32.0 Å². The number of nitriles is 1. The lowest BCUT2D eigenvalue weighted by Crippen LogP contribution is -2.25.